The molecule has 18 heavy (non-hydrogen) atoms. The first-order valence-electron chi connectivity index (χ1n) is 6.98. The number of benzene rings is 1. The molecule has 98 valence electrons. The Labute approximate surface area is 110 Å². The van der Waals surface area contributed by atoms with Gasteiger partial charge in [-0.3, -0.25) is 9.69 Å². The Kier molecular flexibility index (Phi) is 4.54. The topological polar surface area (TPSA) is 20.3 Å². The molecule has 1 aromatic rings. The Hall–Kier alpha value is -1.15. The van der Waals surface area contributed by atoms with Crippen molar-refractivity contribution in [1.29, 1.82) is 0 Å². The molecule has 1 fully saturated rings. The van der Waals surface area contributed by atoms with Gasteiger partial charge in [0.1, 0.15) is 5.78 Å². The summed E-state index contributed by atoms with van der Waals surface area (Å²) in [4.78, 5) is 13.9. The zero-order chi connectivity index (χ0) is 13.0. The van der Waals surface area contributed by atoms with Gasteiger partial charge in [-0.15, -0.1) is 0 Å². The Bertz CT molecular complexity index is 387. The normalized spacial score (nSPS) is 22.7. The number of hydrogen-bond donors (Lipinski definition) is 0. The van der Waals surface area contributed by atoms with Crippen molar-refractivity contribution in [2.24, 2.45) is 0 Å². The van der Waals surface area contributed by atoms with Crippen LogP contribution < -0.4 is 0 Å². The van der Waals surface area contributed by atoms with E-state index in [0.717, 1.165) is 13.0 Å². The molecule has 2 nitrogen and oxygen atoms in total. The lowest BCUT2D eigenvalue weighted by Crippen LogP contribution is -2.42. The van der Waals surface area contributed by atoms with Crippen LogP contribution in [0.3, 0.4) is 0 Å². The molecule has 1 aromatic carbocycles. The molecule has 0 amide bonds. The van der Waals surface area contributed by atoms with E-state index in [2.05, 4.69) is 42.2 Å². The van der Waals surface area contributed by atoms with Crippen LogP contribution in [0, 0.1) is 0 Å². The second-order valence-corrected chi connectivity index (χ2v) is 5.38. The summed E-state index contributed by atoms with van der Waals surface area (Å²) in [6.07, 6.45) is 4.38. The molecule has 1 saturated heterocycles. The lowest BCUT2D eigenvalue weighted by atomic mass is 9.94. The van der Waals surface area contributed by atoms with Crippen molar-refractivity contribution < 1.29 is 4.79 Å². The number of likely N-dealkylation sites (tertiary alicyclic amines) is 1. The number of hydrogen-bond acceptors (Lipinski definition) is 2. The fourth-order valence-electron chi connectivity index (χ4n) is 3.01. The number of carbonyl (C=O) groups is 1. The third-order valence-electron chi connectivity index (χ3n) is 3.98. The van der Waals surface area contributed by atoms with Crippen LogP contribution in [0.1, 0.15) is 51.1 Å². The molecule has 1 aliphatic rings. The van der Waals surface area contributed by atoms with Crippen LogP contribution in [0.2, 0.25) is 0 Å². The van der Waals surface area contributed by atoms with E-state index in [0.29, 0.717) is 24.3 Å². The predicted octanol–water partition coefficient (Wildman–Crippen LogP) is 3.58. The fourth-order valence-corrected chi connectivity index (χ4v) is 3.01. The minimum atomic E-state index is 0.312. The van der Waals surface area contributed by atoms with Crippen LogP contribution in [-0.4, -0.2) is 23.3 Å². The lowest BCUT2D eigenvalue weighted by molar-refractivity contribution is -0.118. The maximum Gasteiger partial charge on any atom is 0.131 e. The molecule has 0 saturated carbocycles. The molecule has 0 aromatic heterocycles. The highest BCUT2D eigenvalue weighted by molar-refractivity contribution is 5.76. The molecule has 0 N–H and O–H groups in total. The summed E-state index contributed by atoms with van der Waals surface area (Å²) in [5.74, 6) is 0.312. The van der Waals surface area contributed by atoms with Gasteiger partial charge in [0.05, 0.1) is 0 Å². The molecule has 2 atom stereocenters. The molecule has 0 unspecified atom stereocenters. The van der Waals surface area contributed by atoms with E-state index in [4.69, 9.17) is 0 Å². The fraction of sp³-hybridized carbons (Fsp3) is 0.562. The molecule has 2 rings (SSSR count). The van der Waals surface area contributed by atoms with Crippen LogP contribution >= 0.6 is 0 Å². The van der Waals surface area contributed by atoms with Crippen molar-refractivity contribution in [3.8, 4) is 0 Å². The highest BCUT2D eigenvalue weighted by Crippen LogP contribution is 2.29. The summed E-state index contributed by atoms with van der Waals surface area (Å²) >= 11 is 0. The lowest BCUT2D eigenvalue weighted by Gasteiger charge is -2.39. The average molecular weight is 245 g/mol. The van der Waals surface area contributed by atoms with Crippen LogP contribution in [0.4, 0.5) is 0 Å². The molecular weight excluding hydrogens is 222 g/mol. The summed E-state index contributed by atoms with van der Waals surface area (Å²) < 4.78 is 0. The highest BCUT2D eigenvalue weighted by Gasteiger charge is 2.27. The van der Waals surface area contributed by atoms with Crippen molar-refractivity contribution >= 4 is 5.78 Å². The van der Waals surface area contributed by atoms with E-state index in [-0.39, 0.29) is 0 Å². The average Bonchev–Trinajstić information content (AvgIpc) is 2.39. The number of rotatable bonds is 4. The third-order valence-corrected chi connectivity index (χ3v) is 3.98. The smallest absolute Gasteiger partial charge is 0.131 e. The minimum absolute atomic E-state index is 0.312. The number of ketones is 1. The summed E-state index contributed by atoms with van der Waals surface area (Å²) in [5, 5.41) is 0. The molecule has 2 heteroatoms. The summed E-state index contributed by atoms with van der Waals surface area (Å²) in [6.45, 7) is 5.09. The standard InChI is InChI=1S/C16H23NO/c1-13(18)12-16-10-6-7-11-17(16)14(2)15-8-4-3-5-9-15/h3-5,8-9,14,16H,6-7,10-12H2,1-2H3/t14-,16+/m1/s1. The van der Waals surface area contributed by atoms with Gasteiger partial charge in [-0.25, -0.2) is 0 Å². The molecule has 0 aliphatic carbocycles. The molecule has 1 aliphatic heterocycles. The van der Waals surface area contributed by atoms with Crippen LogP contribution in [0.25, 0.3) is 0 Å². The Morgan fingerprint density at radius 1 is 1.33 bits per heavy atom. The Balaban J connectivity index is 2.11. The minimum Gasteiger partial charge on any atom is -0.300 e. The monoisotopic (exact) mass is 245 g/mol. The van der Waals surface area contributed by atoms with E-state index in [1.165, 1.54) is 18.4 Å². The van der Waals surface area contributed by atoms with Gasteiger partial charge in [-0.05, 0) is 38.8 Å². The van der Waals surface area contributed by atoms with Crippen LogP contribution in [0.15, 0.2) is 30.3 Å². The van der Waals surface area contributed by atoms with Crippen molar-refractivity contribution in [3.63, 3.8) is 0 Å². The summed E-state index contributed by atoms with van der Waals surface area (Å²) in [7, 11) is 0. The van der Waals surface area contributed by atoms with Crippen molar-refractivity contribution in [2.75, 3.05) is 6.54 Å². The quantitative estimate of drug-likeness (QED) is 0.808. The van der Waals surface area contributed by atoms with E-state index in [1.54, 1.807) is 6.92 Å². The van der Waals surface area contributed by atoms with Crippen LogP contribution in [0.5, 0.6) is 0 Å². The van der Waals surface area contributed by atoms with E-state index in [1.807, 2.05) is 0 Å². The van der Waals surface area contributed by atoms with E-state index in [9.17, 15) is 4.79 Å². The largest absolute Gasteiger partial charge is 0.300 e. The highest BCUT2D eigenvalue weighted by atomic mass is 16.1. The van der Waals surface area contributed by atoms with Gasteiger partial charge < -0.3 is 0 Å². The molecule has 0 spiro atoms. The maximum atomic E-state index is 11.4. The molecule has 0 bridgehead atoms. The zero-order valence-corrected chi connectivity index (χ0v) is 11.4. The molecule has 1 heterocycles. The second kappa shape index (κ2) is 6.14. The van der Waals surface area contributed by atoms with E-state index >= 15 is 0 Å². The predicted molar refractivity (Wildman–Crippen MR) is 74.5 cm³/mol. The Morgan fingerprint density at radius 2 is 2.06 bits per heavy atom. The van der Waals surface area contributed by atoms with Gasteiger partial charge in [-0.2, -0.15) is 0 Å². The zero-order valence-electron chi connectivity index (χ0n) is 11.4. The van der Waals surface area contributed by atoms with Crippen LogP contribution in [-0.2, 0) is 4.79 Å². The molecule has 0 radical (unpaired) electrons. The van der Waals surface area contributed by atoms with Gasteiger partial charge in [0.2, 0.25) is 0 Å². The van der Waals surface area contributed by atoms with E-state index < -0.39 is 0 Å². The number of carbonyl (C=O) groups excluding carboxylic acids is 1. The first kappa shape index (κ1) is 13.3. The van der Waals surface area contributed by atoms with Gasteiger partial charge >= 0.3 is 0 Å². The van der Waals surface area contributed by atoms with Gasteiger partial charge in [0.25, 0.3) is 0 Å². The maximum absolute atomic E-state index is 11.4. The number of nitrogens with zero attached hydrogens (tertiary/aromatic N) is 1. The molecular formula is C16H23NO. The van der Waals surface area contributed by atoms with Gasteiger partial charge in [0.15, 0.2) is 0 Å². The van der Waals surface area contributed by atoms with Crippen molar-refractivity contribution in [3.05, 3.63) is 35.9 Å². The third kappa shape index (κ3) is 3.20. The number of piperidine rings is 1. The first-order chi connectivity index (χ1) is 8.68. The van der Waals surface area contributed by atoms with Crippen molar-refractivity contribution in [2.45, 2.75) is 51.6 Å². The summed E-state index contributed by atoms with van der Waals surface area (Å²) in [5.41, 5.74) is 1.35. The number of Topliss-reactive ketones (excluding diaryl/α,β-unsaturated/α-hetero) is 1. The second-order valence-electron chi connectivity index (χ2n) is 5.38. The SMILES string of the molecule is CC(=O)C[C@@H]1CCCCN1[C@H](C)c1ccccc1. The van der Waals surface area contributed by atoms with Crippen molar-refractivity contribution in [1.82, 2.24) is 4.90 Å². The summed E-state index contributed by atoms with van der Waals surface area (Å²) in [6, 6.07) is 11.5. The van der Waals surface area contributed by atoms with Gasteiger partial charge in [-0.1, -0.05) is 36.8 Å². The Morgan fingerprint density at radius 3 is 2.72 bits per heavy atom. The first-order valence-corrected chi connectivity index (χ1v) is 6.98. The van der Waals surface area contributed by atoms with Gasteiger partial charge in [0, 0.05) is 18.5 Å².